The average Bonchev–Trinajstić information content (AvgIpc) is 2.12. The fraction of sp³-hybridized carbons (Fsp3) is 0.444. The van der Waals surface area contributed by atoms with E-state index >= 15 is 0 Å². The van der Waals surface area contributed by atoms with Crippen LogP contribution in [-0.4, -0.2) is 13.4 Å². The first-order valence-electron chi connectivity index (χ1n) is 4.55. The lowest BCUT2D eigenvalue weighted by Crippen LogP contribution is -2.01. The fourth-order valence-corrected chi connectivity index (χ4v) is 3.14. The summed E-state index contributed by atoms with van der Waals surface area (Å²) < 4.78 is 22.6. The summed E-state index contributed by atoms with van der Waals surface area (Å²) in [4.78, 5) is 3.66. The van der Waals surface area contributed by atoms with Crippen LogP contribution in [0.3, 0.4) is 0 Å². The van der Waals surface area contributed by atoms with E-state index in [0.717, 1.165) is 12.8 Å². The predicted molar refractivity (Wildman–Crippen MR) is 60.9 cm³/mol. The van der Waals surface area contributed by atoms with Crippen LogP contribution in [-0.2, 0) is 15.5 Å². The van der Waals surface area contributed by atoms with Gasteiger partial charge in [-0.05, 0) is 24.5 Å². The van der Waals surface area contributed by atoms with Gasteiger partial charge in [-0.15, -0.1) is 0 Å². The predicted octanol–water partition coefficient (Wildman–Crippen LogP) is 3.01. The van der Waals surface area contributed by atoms with Crippen LogP contribution in [0.1, 0.15) is 25.3 Å². The van der Waals surface area contributed by atoms with Crippen molar-refractivity contribution in [1.82, 2.24) is 4.98 Å². The van der Waals surface area contributed by atoms with Gasteiger partial charge in [0.1, 0.15) is 10.0 Å². The van der Waals surface area contributed by atoms with E-state index in [1.807, 2.05) is 6.92 Å². The monoisotopic (exact) mass is 267 g/mol. The lowest BCUT2D eigenvalue weighted by atomic mass is 10.1. The Morgan fingerprint density at radius 1 is 1.47 bits per heavy atom. The SMILES string of the molecule is CCCCc1ccnc(Cl)c1S(=O)(=O)Cl. The number of hydrogen-bond acceptors (Lipinski definition) is 3. The van der Waals surface area contributed by atoms with E-state index in [2.05, 4.69) is 4.98 Å². The highest BCUT2D eigenvalue weighted by Gasteiger charge is 2.20. The van der Waals surface area contributed by atoms with Crippen molar-refractivity contribution in [3.05, 3.63) is 23.0 Å². The molecule has 0 bridgehead atoms. The second-order valence-corrected chi connectivity index (χ2v) is 5.99. The summed E-state index contributed by atoms with van der Waals surface area (Å²) in [5, 5.41) is -0.0568. The molecular weight excluding hydrogens is 257 g/mol. The third-order valence-corrected chi connectivity index (χ3v) is 3.79. The number of halogens is 2. The Labute approximate surface area is 98.8 Å². The van der Waals surface area contributed by atoms with Gasteiger partial charge in [0.05, 0.1) is 0 Å². The number of nitrogens with zero attached hydrogens (tertiary/aromatic N) is 1. The van der Waals surface area contributed by atoms with Gasteiger partial charge in [0, 0.05) is 16.9 Å². The second kappa shape index (κ2) is 5.14. The van der Waals surface area contributed by atoms with Crippen LogP contribution < -0.4 is 0 Å². The number of rotatable bonds is 4. The largest absolute Gasteiger partial charge is 0.264 e. The van der Waals surface area contributed by atoms with Gasteiger partial charge in [-0.3, -0.25) is 0 Å². The summed E-state index contributed by atoms with van der Waals surface area (Å²) in [6, 6.07) is 1.64. The standard InChI is InChI=1S/C9H11Cl2NO2S/c1-2-3-4-7-5-6-12-9(10)8(7)15(11,13)14/h5-6H,2-4H2,1H3. The molecule has 84 valence electrons. The Hall–Kier alpha value is -0.320. The van der Waals surface area contributed by atoms with E-state index in [1.165, 1.54) is 6.20 Å². The first-order valence-corrected chi connectivity index (χ1v) is 7.23. The van der Waals surface area contributed by atoms with E-state index in [1.54, 1.807) is 6.07 Å². The van der Waals surface area contributed by atoms with Gasteiger partial charge in [-0.1, -0.05) is 24.9 Å². The molecule has 0 N–H and O–H groups in total. The smallest absolute Gasteiger partial charge is 0.243 e. The summed E-state index contributed by atoms with van der Waals surface area (Å²) >= 11 is 5.72. The maximum absolute atomic E-state index is 11.3. The number of hydrogen-bond donors (Lipinski definition) is 0. The van der Waals surface area contributed by atoms with Crippen molar-refractivity contribution < 1.29 is 8.42 Å². The van der Waals surface area contributed by atoms with Crippen LogP contribution in [0, 0.1) is 0 Å². The van der Waals surface area contributed by atoms with Gasteiger partial charge < -0.3 is 0 Å². The summed E-state index contributed by atoms with van der Waals surface area (Å²) in [7, 11) is 1.48. The minimum atomic E-state index is -3.82. The molecule has 1 aromatic heterocycles. The van der Waals surface area contributed by atoms with Crippen LogP contribution in [0.2, 0.25) is 5.15 Å². The summed E-state index contributed by atoms with van der Waals surface area (Å²) in [5.41, 5.74) is 0.631. The van der Waals surface area contributed by atoms with Crippen molar-refractivity contribution in [2.75, 3.05) is 0 Å². The lowest BCUT2D eigenvalue weighted by Gasteiger charge is -2.06. The molecule has 1 aromatic rings. The summed E-state index contributed by atoms with van der Waals surface area (Å²) in [6.07, 6.45) is 3.99. The summed E-state index contributed by atoms with van der Waals surface area (Å²) in [6.45, 7) is 2.03. The molecule has 0 saturated carbocycles. The minimum absolute atomic E-state index is 0.0539. The van der Waals surface area contributed by atoms with Crippen molar-refractivity contribution in [2.24, 2.45) is 0 Å². The van der Waals surface area contributed by atoms with Crippen molar-refractivity contribution in [3.63, 3.8) is 0 Å². The first kappa shape index (κ1) is 12.7. The topological polar surface area (TPSA) is 47.0 Å². The Morgan fingerprint density at radius 3 is 2.67 bits per heavy atom. The van der Waals surface area contributed by atoms with Crippen molar-refractivity contribution in [3.8, 4) is 0 Å². The van der Waals surface area contributed by atoms with Gasteiger partial charge in [0.25, 0.3) is 9.05 Å². The van der Waals surface area contributed by atoms with Crippen LogP contribution in [0.5, 0.6) is 0 Å². The maximum Gasteiger partial charge on any atom is 0.264 e. The van der Waals surface area contributed by atoms with Gasteiger partial charge in [0.2, 0.25) is 0 Å². The number of aryl methyl sites for hydroxylation is 1. The number of aromatic nitrogens is 1. The van der Waals surface area contributed by atoms with E-state index in [4.69, 9.17) is 22.3 Å². The second-order valence-electron chi connectivity index (χ2n) is 3.13. The Morgan fingerprint density at radius 2 is 2.13 bits per heavy atom. The lowest BCUT2D eigenvalue weighted by molar-refractivity contribution is 0.607. The quantitative estimate of drug-likeness (QED) is 0.623. The van der Waals surface area contributed by atoms with Gasteiger partial charge in [0.15, 0.2) is 0 Å². The molecule has 0 radical (unpaired) electrons. The van der Waals surface area contributed by atoms with E-state index in [-0.39, 0.29) is 10.0 Å². The molecule has 0 spiro atoms. The molecule has 0 aliphatic heterocycles. The normalized spacial score (nSPS) is 11.7. The zero-order chi connectivity index (χ0) is 11.5. The first-order chi connectivity index (χ1) is 6.96. The molecule has 1 heterocycles. The molecule has 0 amide bonds. The molecular formula is C9H11Cl2NO2S. The average molecular weight is 268 g/mol. The van der Waals surface area contributed by atoms with Crippen LogP contribution in [0.25, 0.3) is 0 Å². The Bertz CT molecular complexity index is 445. The molecule has 0 unspecified atom stereocenters. The zero-order valence-corrected chi connectivity index (χ0v) is 10.5. The van der Waals surface area contributed by atoms with Gasteiger partial charge in [-0.2, -0.15) is 0 Å². The molecule has 0 aliphatic carbocycles. The van der Waals surface area contributed by atoms with Gasteiger partial charge >= 0.3 is 0 Å². The van der Waals surface area contributed by atoms with Crippen molar-refractivity contribution >= 4 is 31.3 Å². The summed E-state index contributed by atoms with van der Waals surface area (Å²) in [5.74, 6) is 0. The third-order valence-electron chi connectivity index (χ3n) is 1.99. The van der Waals surface area contributed by atoms with Crippen LogP contribution >= 0.6 is 22.3 Å². The van der Waals surface area contributed by atoms with E-state index in [9.17, 15) is 8.42 Å². The number of pyridine rings is 1. The van der Waals surface area contributed by atoms with Crippen molar-refractivity contribution in [1.29, 1.82) is 0 Å². The minimum Gasteiger partial charge on any atom is -0.243 e. The van der Waals surface area contributed by atoms with Crippen LogP contribution in [0.4, 0.5) is 0 Å². The fourth-order valence-electron chi connectivity index (χ4n) is 1.28. The zero-order valence-electron chi connectivity index (χ0n) is 8.20. The molecule has 3 nitrogen and oxygen atoms in total. The third kappa shape index (κ3) is 3.33. The van der Waals surface area contributed by atoms with Crippen LogP contribution in [0.15, 0.2) is 17.2 Å². The molecule has 6 heteroatoms. The van der Waals surface area contributed by atoms with E-state index in [0.29, 0.717) is 12.0 Å². The molecule has 0 saturated heterocycles. The molecule has 15 heavy (non-hydrogen) atoms. The Balaban J connectivity index is 3.21. The number of unbranched alkanes of at least 4 members (excludes halogenated alkanes) is 1. The highest BCUT2D eigenvalue weighted by molar-refractivity contribution is 8.13. The Kier molecular flexibility index (Phi) is 4.37. The highest BCUT2D eigenvalue weighted by Crippen LogP contribution is 2.27. The van der Waals surface area contributed by atoms with E-state index < -0.39 is 9.05 Å². The molecule has 0 fully saturated rings. The van der Waals surface area contributed by atoms with Gasteiger partial charge in [-0.25, -0.2) is 13.4 Å². The van der Waals surface area contributed by atoms with Crippen molar-refractivity contribution in [2.45, 2.75) is 31.1 Å². The molecule has 0 aromatic carbocycles. The molecule has 0 aliphatic rings. The molecule has 0 atom stereocenters. The molecule has 1 rings (SSSR count). The maximum atomic E-state index is 11.3. The highest BCUT2D eigenvalue weighted by atomic mass is 35.7.